The molecule has 0 bridgehead atoms. The third kappa shape index (κ3) is 5.92. The van der Waals surface area contributed by atoms with Crippen LogP contribution in [0.1, 0.15) is 31.4 Å². The van der Waals surface area contributed by atoms with E-state index >= 15 is 0 Å². The van der Waals surface area contributed by atoms with E-state index in [0.717, 1.165) is 6.26 Å². The van der Waals surface area contributed by atoms with E-state index in [1.165, 1.54) is 30.4 Å². The average Bonchev–Trinajstić information content (AvgIpc) is 2.44. The highest BCUT2D eigenvalue weighted by molar-refractivity contribution is 7.91. The van der Waals surface area contributed by atoms with Gasteiger partial charge in [-0.3, -0.25) is 0 Å². The Bertz CT molecular complexity index is 806. The molecule has 2 N–H and O–H groups in total. The van der Waals surface area contributed by atoms with E-state index < -0.39 is 19.9 Å². The Morgan fingerprint density at radius 3 is 2.00 bits per heavy atom. The maximum absolute atomic E-state index is 12.9. The summed E-state index contributed by atoms with van der Waals surface area (Å²) in [5.74, 6) is 0.263. The lowest BCUT2D eigenvalue weighted by Gasteiger charge is -2.23. The van der Waals surface area contributed by atoms with Gasteiger partial charge in [0.1, 0.15) is 0 Å². The monoisotopic (exact) mass is 412 g/mol. The molecule has 0 saturated heterocycles. The summed E-state index contributed by atoms with van der Waals surface area (Å²) in [6.07, 6.45) is 1.62. The second-order valence-corrected chi connectivity index (χ2v) is 10.7. The number of sulfone groups is 1. The standard InChI is InChI=1S/C16H28N2O4S2.ClH/c1-11(2)14(17)7-8-18(5)24(21,22)16-10-12(3)9-15(13(16)4)23(6,19)20;/h9-11,14H,7-8,17H2,1-6H3;1H. The molecule has 9 heteroatoms. The van der Waals surface area contributed by atoms with Crippen molar-refractivity contribution in [2.45, 2.75) is 49.9 Å². The maximum atomic E-state index is 12.9. The molecule has 0 aromatic heterocycles. The smallest absolute Gasteiger partial charge is 0.243 e. The lowest BCUT2D eigenvalue weighted by molar-refractivity contribution is 0.397. The van der Waals surface area contributed by atoms with Crippen LogP contribution in [0.25, 0.3) is 0 Å². The molecule has 1 atom stereocenters. The van der Waals surface area contributed by atoms with Crippen LogP contribution in [-0.4, -0.2) is 47.0 Å². The van der Waals surface area contributed by atoms with Crippen LogP contribution in [0, 0.1) is 19.8 Å². The number of halogens is 1. The van der Waals surface area contributed by atoms with E-state index in [9.17, 15) is 16.8 Å². The molecule has 0 fully saturated rings. The van der Waals surface area contributed by atoms with Gasteiger partial charge in [0.25, 0.3) is 0 Å². The average molecular weight is 413 g/mol. The Kier molecular flexibility index (Phi) is 8.58. The summed E-state index contributed by atoms with van der Waals surface area (Å²) >= 11 is 0. The van der Waals surface area contributed by atoms with Crippen LogP contribution in [-0.2, 0) is 19.9 Å². The summed E-state index contributed by atoms with van der Waals surface area (Å²) < 4.78 is 50.8. The van der Waals surface area contributed by atoms with Crippen molar-refractivity contribution in [2.24, 2.45) is 11.7 Å². The number of hydrogen-bond donors (Lipinski definition) is 1. The molecule has 1 rings (SSSR count). The first-order valence-electron chi connectivity index (χ1n) is 7.81. The predicted octanol–water partition coefficient (Wildman–Crippen LogP) is 2.12. The Morgan fingerprint density at radius 1 is 1.08 bits per heavy atom. The van der Waals surface area contributed by atoms with E-state index in [1.807, 2.05) is 13.8 Å². The molecular weight excluding hydrogens is 384 g/mol. The fourth-order valence-electron chi connectivity index (χ4n) is 2.40. The predicted molar refractivity (Wildman–Crippen MR) is 104 cm³/mol. The second kappa shape index (κ2) is 8.81. The van der Waals surface area contributed by atoms with Crippen LogP contribution in [0.3, 0.4) is 0 Å². The highest BCUT2D eigenvalue weighted by Crippen LogP contribution is 2.27. The summed E-state index contributed by atoms with van der Waals surface area (Å²) in [4.78, 5) is 0.0805. The summed E-state index contributed by atoms with van der Waals surface area (Å²) in [5.41, 5.74) is 6.82. The fraction of sp³-hybridized carbons (Fsp3) is 0.625. The van der Waals surface area contributed by atoms with Crippen LogP contribution in [0.2, 0.25) is 0 Å². The lowest BCUT2D eigenvalue weighted by atomic mass is 10.0. The third-order valence-electron chi connectivity index (χ3n) is 4.18. The SMILES string of the molecule is Cc1cc(S(C)(=O)=O)c(C)c(S(=O)(=O)N(C)CCC(N)C(C)C)c1.Cl. The van der Waals surface area contributed by atoms with Crippen LogP contribution < -0.4 is 5.73 Å². The van der Waals surface area contributed by atoms with Crippen molar-refractivity contribution in [3.05, 3.63) is 23.3 Å². The van der Waals surface area contributed by atoms with Gasteiger partial charge in [-0.15, -0.1) is 12.4 Å². The number of aryl methyl sites for hydroxylation is 1. The first-order chi connectivity index (χ1) is 10.8. The van der Waals surface area contributed by atoms with Crippen molar-refractivity contribution >= 4 is 32.3 Å². The van der Waals surface area contributed by atoms with Gasteiger partial charge in [0.05, 0.1) is 9.79 Å². The molecule has 25 heavy (non-hydrogen) atoms. The molecule has 6 nitrogen and oxygen atoms in total. The summed E-state index contributed by atoms with van der Waals surface area (Å²) in [7, 11) is -5.80. The molecule has 0 aliphatic rings. The zero-order valence-corrected chi connectivity index (χ0v) is 18.1. The van der Waals surface area contributed by atoms with Gasteiger partial charge in [0.2, 0.25) is 10.0 Å². The molecule has 1 aromatic rings. The van der Waals surface area contributed by atoms with E-state index in [2.05, 4.69) is 0 Å². The van der Waals surface area contributed by atoms with Crippen LogP contribution in [0.5, 0.6) is 0 Å². The first-order valence-corrected chi connectivity index (χ1v) is 11.1. The van der Waals surface area contributed by atoms with Gasteiger partial charge in [-0.1, -0.05) is 13.8 Å². The minimum absolute atomic E-state index is 0. The van der Waals surface area contributed by atoms with Crippen LogP contribution in [0.15, 0.2) is 21.9 Å². The van der Waals surface area contributed by atoms with E-state index in [0.29, 0.717) is 12.0 Å². The molecule has 0 spiro atoms. The van der Waals surface area contributed by atoms with Gasteiger partial charge in [-0.25, -0.2) is 21.1 Å². The van der Waals surface area contributed by atoms with Crippen molar-refractivity contribution in [1.29, 1.82) is 0 Å². The largest absolute Gasteiger partial charge is 0.327 e. The summed E-state index contributed by atoms with van der Waals surface area (Å²) in [6.45, 7) is 7.46. The Labute approximate surface area is 158 Å². The molecule has 146 valence electrons. The van der Waals surface area contributed by atoms with E-state index in [4.69, 9.17) is 5.73 Å². The van der Waals surface area contributed by atoms with Gasteiger partial charge >= 0.3 is 0 Å². The summed E-state index contributed by atoms with van der Waals surface area (Å²) in [5, 5.41) is 0. The molecule has 0 heterocycles. The van der Waals surface area contributed by atoms with Gasteiger partial charge in [-0.2, -0.15) is 0 Å². The molecule has 0 saturated carbocycles. The second-order valence-electron chi connectivity index (χ2n) is 6.68. The van der Waals surface area contributed by atoms with Crippen molar-refractivity contribution in [3.8, 4) is 0 Å². The number of sulfonamides is 1. The van der Waals surface area contributed by atoms with Crippen LogP contribution >= 0.6 is 12.4 Å². The number of rotatable bonds is 7. The molecule has 0 aliphatic carbocycles. The first kappa shape index (κ1) is 24.3. The summed E-state index contributed by atoms with van der Waals surface area (Å²) in [6, 6.07) is 2.92. The normalized spacial score (nSPS) is 13.8. The maximum Gasteiger partial charge on any atom is 0.243 e. The number of nitrogens with zero attached hydrogens (tertiary/aromatic N) is 1. The zero-order chi connectivity index (χ0) is 18.9. The van der Waals surface area contributed by atoms with Crippen LogP contribution in [0.4, 0.5) is 0 Å². The van der Waals surface area contributed by atoms with Crippen molar-refractivity contribution < 1.29 is 16.8 Å². The quantitative estimate of drug-likeness (QED) is 0.739. The van der Waals surface area contributed by atoms with Crippen molar-refractivity contribution in [3.63, 3.8) is 0 Å². The van der Waals surface area contributed by atoms with E-state index in [-0.39, 0.29) is 46.3 Å². The highest BCUT2D eigenvalue weighted by Gasteiger charge is 2.27. The molecule has 1 unspecified atom stereocenters. The number of benzene rings is 1. The fourth-order valence-corrected chi connectivity index (χ4v) is 5.04. The molecule has 0 amide bonds. The van der Waals surface area contributed by atoms with Gasteiger partial charge in [0.15, 0.2) is 9.84 Å². The van der Waals surface area contributed by atoms with E-state index in [1.54, 1.807) is 6.92 Å². The third-order valence-corrected chi connectivity index (χ3v) is 7.38. The van der Waals surface area contributed by atoms with Gasteiger partial charge in [0, 0.05) is 25.9 Å². The highest BCUT2D eigenvalue weighted by atomic mass is 35.5. The topological polar surface area (TPSA) is 97.5 Å². The van der Waals surface area contributed by atoms with Gasteiger partial charge < -0.3 is 5.73 Å². The Balaban J connectivity index is 0.00000576. The molecular formula is C16H29ClN2O4S2. The molecule has 0 radical (unpaired) electrons. The molecule has 1 aromatic carbocycles. The minimum Gasteiger partial charge on any atom is -0.327 e. The van der Waals surface area contributed by atoms with Crippen molar-refractivity contribution in [1.82, 2.24) is 4.31 Å². The van der Waals surface area contributed by atoms with Crippen molar-refractivity contribution in [2.75, 3.05) is 19.8 Å². The Hall–Kier alpha value is -0.670. The zero-order valence-electron chi connectivity index (χ0n) is 15.6. The molecule has 0 aliphatic heterocycles. The van der Waals surface area contributed by atoms with Gasteiger partial charge in [-0.05, 0) is 49.4 Å². The minimum atomic E-state index is -3.78. The lowest BCUT2D eigenvalue weighted by Crippen LogP contribution is -2.35. The number of nitrogens with two attached hydrogens (primary N) is 1. The Morgan fingerprint density at radius 2 is 1.56 bits per heavy atom. The number of hydrogen-bond acceptors (Lipinski definition) is 5.